The molecule has 0 spiro atoms. The van der Waals surface area contributed by atoms with E-state index in [4.69, 9.17) is 5.26 Å². The van der Waals surface area contributed by atoms with Gasteiger partial charge in [0.2, 0.25) is 0 Å². The molecule has 0 radical (unpaired) electrons. The summed E-state index contributed by atoms with van der Waals surface area (Å²) in [7, 11) is 2.05. The fourth-order valence-corrected chi connectivity index (χ4v) is 1.47. The number of nitrogens with zero attached hydrogens (tertiary/aromatic N) is 2. The lowest BCUT2D eigenvalue weighted by Gasteiger charge is -2.18. The van der Waals surface area contributed by atoms with Crippen molar-refractivity contribution in [2.75, 3.05) is 13.6 Å². The molecule has 1 N–H and O–H groups in total. The Kier molecular flexibility index (Phi) is 4.21. The summed E-state index contributed by atoms with van der Waals surface area (Å²) >= 11 is 0. The highest BCUT2D eigenvalue weighted by Crippen LogP contribution is 2.06. The van der Waals surface area contributed by atoms with Gasteiger partial charge in [-0.2, -0.15) is 5.26 Å². The van der Waals surface area contributed by atoms with Gasteiger partial charge in [-0.25, -0.2) is 0 Å². The standard InChI is InChI=1S/C11H17N3/c1-3-10(6-12)8-14(2)9-11-4-5-13-7-11/h4-5,7,10,13H,3,8-9H2,1-2H3. The number of aromatic nitrogens is 1. The van der Waals surface area contributed by atoms with Crippen LogP contribution in [-0.4, -0.2) is 23.5 Å². The largest absolute Gasteiger partial charge is 0.367 e. The molecule has 1 rings (SSSR count). The normalized spacial score (nSPS) is 12.7. The molecule has 1 atom stereocenters. The second kappa shape index (κ2) is 5.46. The number of nitriles is 1. The number of aromatic amines is 1. The van der Waals surface area contributed by atoms with Gasteiger partial charge in [0.25, 0.3) is 0 Å². The van der Waals surface area contributed by atoms with E-state index in [1.807, 2.05) is 19.4 Å². The Balaban J connectivity index is 2.36. The zero-order valence-electron chi connectivity index (χ0n) is 8.83. The summed E-state index contributed by atoms with van der Waals surface area (Å²) < 4.78 is 0. The summed E-state index contributed by atoms with van der Waals surface area (Å²) in [5.41, 5.74) is 1.26. The van der Waals surface area contributed by atoms with E-state index in [2.05, 4.69) is 28.9 Å². The zero-order chi connectivity index (χ0) is 10.4. The lowest BCUT2D eigenvalue weighted by atomic mass is 10.1. The van der Waals surface area contributed by atoms with Gasteiger partial charge in [0.15, 0.2) is 0 Å². The van der Waals surface area contributed by atoms with Crippen molar-refractivity contribution in [3.63, 3.8) is 0 Å². The molecule has 0 saturated carbocycles. The average molecular weight is 191 g/mol. The van der Waals surface area contributed by atoms with Crippen molar-refractivity contribution in [3.8, 4) is 6.07 Å². The van der Waals surface area contributed by atoms with Crippen LogP contribution in [0, 0.1) is 17.2 Å². The van der Waals surface area contributed by atoms with Crippen molar-refractivity contribution in [2.45, 2.75) is 19.9 Å². The van der Waals surface area contributed by atoms with E-state index in [0.29, 0.717) is 0 Å². The van der Waals surface area contributed by atoms with Gasteiger partial charge in [-0.05, 0) is 25.1 Å². The molecule has 3 nitrogen and oxygen atoms in total. The molecule has 1 aromatic heterocycles. The van der Waals surface area contributed by atoms with Crippen LogP contribution in [0.4, 0.5) is 0 Å². The molecule has 0 aromatic carbocycles. The lowest BCUT2D eigenvalue weighted by Crippen LogP contribution is -2.24. The predicted molar refractivity (Wildman–Crippen MR) is 56.5 cm³/mol. The molecule has 0 aliphatic rings. The van der Waals surface area contributed by atoms with Crippen LogP contribution in [0.25, 0.3) is 0 Å². The quantitative estimate of drug-likeness (QED) is 0.773. The van der Waals surface area contributed by atoms with Crippen molar-refractivity contribution >= 4 is 0 Å². The number of nitrogens with one attached hydrogen (secondary N) is 1. The van der Waals surface area contributed by atoms with Crippen molar-refractivity contribution in [1.29, 1.82) is 5.26 Å². The zero-order valence-corrected chi connectivity index (χ0v) is 8.83. The van der Waals surface area contributed by atoms with E-state index in [1.54, 1.807) is 0 Å². The molecule has 3 heteroatoms. The molecule has 76 valence electrons. The van der Waals surface area contributed by atoms with Gasteiger partial charge in [0.1, 0.15) is 0 Å². The molecule has 14 heavy (non-hydrogen) atoms. The number of hydrogen-bond acceptors (Lipinski definition) is 2. The van der Waals surface area contributed by atoms with E-state index < -0.39 is 0 Å². The van der Waals surface area contributed by atoms with E-state index in [-0.39, 0.29) is 5.92 Å². The molecule has 0 aliphatic heterocycles. The van der Waals surface area contributed by atoms with Crippen LogP contribution in [0.3, 0.4) is 0 Å². The average Bonchev–Trinajstić information content (AvgIpc) is 2.66. The first-order valence-corrected chi connectivity index (χ1v) is 4.96. The molecule has 0 aliphatic carbocycles. The number of hydrogen-bond donors (Lipinski definition) is 1. The minimum absolute atomic E-state index is 0.152. The van der Waals surface area contributed by atoms with Crippen molar-refractivity contribution in [2.24, 2.45) is 5.92 Å². The third kappa shape index (κ3) is 3.23. The molecule has 0 bridgehead atoms. The van der Waals surface area contributed by atoms with Crippen molar-refractivity contribution < 1.29 is 0 Å². The van der Waals surface area contributed by atoms with Gasteiger partial charge in [0, 0.05) is 25.5 Å². The van der Waals surface area contributed by atoms with E-state index >= 15 is 0 Å². The second-order valence-corrected chi connectivity index (χ2v) is 3.65. The van der Waals surface area contributed by atoms with Gasteiger partial charge in [-0.1, -0.05) is 6.92 Å². The van der Waals surface area contributed by atoms with Crippen LogP contribution in [0.5, 0.6) is 0 Å². The van der Waals surface area contributed by atoms with Crippen LogP contribution >= 0.6 is 0 Å². The molecule has 1 heterocycles. The minimum atomic E-state index is 0.152. The topological polar surface area (TPSA) is 42.8 Å². The highest BCUT2D eigenvalue weighted by molar-refractivity contribution is 5.07. The summed E-state index contributed by atoms with van der Waals surface area (Å²) in [6.45, 7) is 3.80. The molecular formula is C11H17N3. The van der Waals surface area contributed by atoms with Crippen LogP contribution in [0.15, 0.2) is 18.5 Å². The maximum absolute atomic E-state index is 8.82. The molecule has 0 saturated heterocycles. The molecule has 0 amide bonds. The first kappa shape index (κ1) is 10.8. The smallest absolute Gasteiger partial charge is 0.0669 e. The molecule has 1 unspecified atom stereocenters. The van der Waals surface area contributed by atoms with Gasteiger partial charge in [-0.3, -0.25) is 0 Å². The van der Waals surface area contributed by atoms with Gasteiger partial charge in [-0.15, -0.1) is 0 Å². The summed E-state index contributed by atoms with van der Waals surface area (Å²) in [5, 5.41) is 8.82. The fraction of sp³-hybridized carbons (Fsp3) is 0.545. The Morgan fingerprint density at radius 1 is 1.64 bits per heavy atom. The van der Waals surface area contributed by atoms with Crippen LogP contribution in [0.2, 0.25) is 0 Å². The van der Waals surface area contributed by atoms with Crippen LogP contribution in [0.1, 0.15) is 18.9 Å². The Morgan fingerprint density at radius 2 is 2.43 bits per heavy atom. The molecular weight excluding hydrogens is 174 g/mol. The van der Waals surface area contributed by atoms with Crippen molar-refractivity contribution in [1.82, 2.24) is 9.88 Å². The Hall–Kier alpha value is -1.27. The third-order valence-electron chi connectivity index (χ3n) is 2.32. The van der Waals surface area contributed by atoms with E-state index in [1.165, 1.54) is 5.56 Å². The summed E-state index contributed by atoms with van der Waals surface area (Å²) in [6, 6.07) is 4.37. The lowest BCUT2D eigenvalue weighted by molar-refractivity contribution is 0.292. The van der Waals surface area contributed by atoms with Gasteiger partial charge >= 0.3 is 0 Å². The number of rotatable bonds is 5. The SMILES string of the molecule is CCC(C#N)CN(C)Cc1cc[nH]c1. The maximum atomic E-state index is 8.82. The first-order chi connectivity index (χ1) is 6.76. The van der Waals surface area contributed by atoms with Gasteiger partial charge < -0.3 is 9.88 Å². The number of H-pyrrole nitrogens is 1. The Morgan fingerprint density at radius 3 is 2.93 bits per heavy atom. The van der Waals surface area contributed by atoms with Gasteiger partial charge in [0.05, 0.1) is 12.0 Å². The Bertz CT molecular complexity index is 284. The molecule has 1 aromatic rings. The monoisotopic (exact) mass is 191 g/mol. The molecule has 0 fully saturated rings. The highest BCUT2D eigenvalue weighted by atomic mass is 15.1. The van der Waals surface area contributed by atoms with E-state index in [9.17, 15) is 0 Å². The van der Waals surface area contributed by atoms with E-state index in [0.717, 1.165) is 19.5 Å². The fourth-order valence-electron chi connectivity index (χ4n) is 1.47. The summed E-state index contributed by atoms with van der Waals surface area (Å²) in [4.78, 5) is 5.21. The summed E-state index contributed by atoms with van der Waals surface area (Å²) in [6.07, 6.45) is 4.84. The second-order valence-electron chi connectivity index (χ2n) is 3.65. The van der Waals surface area contributed by atoms with Crippen molar-refractivity contribution in [3.05, 3.63) is 24.0 Å². The minimum Gasteiger partial charge on any atom is -0.367 e. The van der Waals surface area contributed by atoms with Crippen LogP contribution < -0.4 is 0 Å². The third-order valence-corrected chi connectivity index (χ3v) is 2.32. The Labute approximate surface area is 85.3 Å². The first-order valence-electron chi connectivity index (χ1n) is 4.96. The highest BCUT2D eigenvalue weighted by Gasteiger charge is 2.08. The summed E-state index contributed by atoms with van der Waals surface area (Å²) in [5.74, 6) is 0.152. The maximum Gasteiger partial charge on any atom is 0.0669 e. The predicted octanol–water partition coefficient (Wildman–Crippen LogP) is 2.00. The van der Waals surface area contributed by atoms with Crippen LogP contribution in [-0.2, 0) is 6.54 Å².